The lowest BCUT2D eigenvalue weighted by molar-refractivity contribution is -0.139. The molecule has 2 aromatic carbocycles. The second-order valence-electron chi connectivity index (χ2n) is 8.39. The molecule has 0 atom stereocenters. The van der Waals surface area contributed by atoms with Crippen molar-refractivity contribution < 1.29 is 24.2 Å². The van der Waals surface area contributed by atoms with Gasteiger partial charge >= 0.3 is 5.97 Å². The summed E-state index contributed by atoms with van der Waals surface area (Å²) in [5.74, 6) is -0.666. The number of hydrogen-bond donors (Lipinski definition) is 5. The van der Waals surface area contributed by atoms with Gasteiger partial charge in [0.25, 0.3) is 5.91 Å². The van der Waals surface area contributed by atoms with Crippen LogP contribution in [0.3, 0.4) is 0 Å². The lowest BCUT2D eigenvalue weighted by Gasteiger charge is -2.29. The third kappa shape index (κ3) is 6.69. The Kier molecular flexibility index (Phi) is 8.62. The van der Waals surface area contributed by atoms with Gasteiger partial charge in [0.15, 0.2) is 18.2 Å². The molecule has 1 fully saturated rings. The molecule has 0 unspecified atom stereocenters. The number of hydrogen-bond acceptors (Lipinski definition) is 8. The Hall–Kier alpha value is -4.35. The number of nitrogens with zero attached hydrogens (tertiary/aromatic N) is 2. The summed E-state index contributed by atoms with van der Waals surface area (Å²) in [6.45, 7) is 1.97. The molecule has 6 N–H and O–H groups in total. The zero-order chi connectivity index (χ0) is 27.1. The van der Waals surface area contributed by atoms with Crippen LogP contribution >= 0.6 is 11.6 Å². The normalized spacial score (nSPS) is 13.0. The number of carboxylic acids is 1. The zero-order valence-electron chi connectivity index (χ0n) is 20.4. The Balaban J connectivity index is 1.56. The predicted octanol–water partition coefficient (Wildman–Crippen LogP) is 3.18. The minimum absolute atomic E-state index is 0.0659. The summed E-state index contributed by atoms with van der Waals surface area (Å²) in [4.78, 5) is 30.8. The first-order valence-corrected chi connectivity index (χ1v) is 12.1. The second kappa shape index (κ2) is 12.3. The summed E-state index contributed by atoms with van der Waals surface area (Å²) in [5, 5.41) is 23.1. The lowest BCUT2D eigenvalue weighted by Crippen LogP contribution is -2.37. The summed E-state index contributed by atoms with van der Waals surface area (Å²) in [6, 6.07) is 13.2. The quantitative estimate of drug-likeness (QED) is 0.193. The van der Waals surface area contributed by atoms with E-state index < -0.39 is 18.5 Å². The van der Waals surface area contributed by atoms with Crippen molar-refractivity contribution in [2.75, 3.05) is 48.4 Å². The largest absolute Gasteiger partial charge is 0.479 e. The number of aromatic nitrogens is 1. The first-order chi connectivity index (χ1) is 18.3. The Labute approximate surface area is 224 Å². The Morgan fingerprint density at radius 3 is 2.58 bits per heavy atom. The van der Waals surface area contributed by atoms with Crippen LogP contribution in [0.2, 0.25) is 5.02 Å². The van der Waals surface area contributed by atoms with Crippen molar-refractivity contribution in [2.24, 2.45) is 5.73 Å². The van der Waals surface area contributed by atoms with E-state index in [1.807, 2.05) is 4.90 Å². The number of benzene rings is 2. The van der Waals surface area contributed by atoms with E-state index in [1.165, 1.54) is 0 Å². The number of carboxylic acid groups (broad SMARTS) is 1. The van der Waals surface area contributed by atoms with Crippen molar-refractivity contribution >= 4 is 46.5 Å². The second-order valence-corrected chi connectivity index (χ2v) is 8.83. The zero-order valence-corrected chi connectivity index (χ0v) is 21.1. The van der Waals surface area contributed by atoms with Gasteiger partial charge in [0.2, 0.25) is 0 Å². The van der Waals surface area contributed by atoms with E-state index in [2.05, 4.69) is 15.6 Å². The van der Waals surface area contributed by atoms with Gasteiger partial charge in [-0.25, -0.2) is 9.78 Å². The van der Waals surface area contributed by atoms with Crippen LogP contribution in [0, 0.1) is 5.41 Å². The SMILES string of the molecule is N=C(N)c1ccc(NC(=O)c2cc(Cl)ccc2NCc2ccnc(N3CCOCC3)c2OCC(=O)O)cc1. The molecule has 1 saturated heterocycles. The van der Waals surface area contributed by atoms with E-state index in [-0.39, 0.29) is 12.4 Å². The number of amides is 1. The van der Waals surface area contributed by atoms with Gasteiger partial charge in [0.05, 0.1) is 18.8 Å². The van der Waals surface area contributed by atoms with Crippen LogP contribution < -0.4 is 26.0 Å². The van der Waals surface area contributed by atoms with Gasteiger partial charge in [-0.3, -0.25) is 10.2 Å². The van der Waals surface area contributed by atoms with Crippen LogP contribution in [0.4, 0.5) is 17.2 Å². The van der Waals surface area contributed by atoms with Crippen LogP contribution in [0.15, 0.2) is 54.7 Å². The molecule has 38 heavy (non-hydrogen) atoms. The summed E-state index contributed by atoms with van der Waals surface area (Å²) in [7, 11) is 0. The standard InChI is InChI=1S/C26H27ClN6O5/c27-18-3-6-21(20(13-18)26(36)32-19-4-1-16(2-5-19)24(28)29)31-14-17-7-8-30-25(23(17)38-15-22(34)35)33-9-11-37-12-10-33/h1-8,13,31H,9-12,14-15H2,(H3,28,29)(H,32,36)(H,34,35). The van der Waals surface area contributed by atoms with Crippen LogP contribution in [-0.2, 0) is 16.1 Å². The van der Waals surface area contributed by atoms with E-state index in [1.54, 1.807) is 54.7 Å². The molecule has 1 aliphatic heterocycles. The minimum Gasteiger partial charge on any atom is -0.479 e. The fourth-order valence-corrected chi connectivity index (χ4v) is 4.06. The van der Waals surface area contributed by atoms with Gasteiger partial charge in [-0.15, -0.1) is 0 Å². The first-order valence-electron chi connectivity index (χ1n) is 11.8. The molecule has 0 bridgehead atoms. The van der Waals surface area contributed by atoms with Crippen LogP contribution in [0.5, 0.6) is 5.75 Å². The van der Waals surface area contributed by atoms with Crippen molar-refractivity contribution in [1.82, 2.24) is 4.98 Å². The van der Waals surface area contributed by atoms with Crippen molar-refractivity contribution in [3.05, 3.63) is 76.4 Å². The average molecular weight is 539 g/mol. The molecule has 11 nitrogen and oxygen atoms in total. The van der Waals surface area contributed by atoms with Gasteiger partial charge in [0.1, 0.15) is 5.84 Å². The fourth-order valence-electron chi connectivity index (χ4n) is 3.89. The van der Waals surface area contributed by atoms with Crippen LogP contribution in [0.1, 0.15) is 21.5 Å². The molecule has 0 spiro atoms. The van der Waals surface area contributed by atoms with Gasteiger partial charge in [-0.1, -0.05) is 11.6 Å². The molecule has 0 aliphatic carbocycles. The summed E-state index contributed by atoms with van der Waals surface area (Å²) >= 11 is 6.19. The van der Waals surface area contributed by atoms with Gasteiger partial charge in [0, 0.05) is 53.4 Å². The monoisotopic (exact) mass is 538 g/mol. The topological polar surface area (TPSA) is 163 Å². The molecule has 0 saturated carbocycles. The number of amidine groups is 1. The number of morpholine rings is 1. The highest BCUT2D eigenvalue weighted by atomic mass is 35.5. The molecule has 1 amide bonds. The summed E-state index contributed by atoms with van der Waals surface area (Å²) in [5.41, 5.74) is 8.06. The van der Waals surface area contributed by atoms with Crippen LogP contribution in [0.25, 0.3) is 0 Å². The molecule has 12 heteroatoms. The van der Waals surface area contributed by atoms with Gasteiger partial charge in [-0.2, -0.15) is 0 Å². The van der Waals surface area contributed by atoms with E-state index in [9.17, 15) is 14.7 Å². The smallest absolute Gasteiger partial charge is 0.341 e. The molecule has 4 rings (SSSR count). The molecule has 2 heterocycles. The number of nitrogens with one attached hydrogen (secondary N) is 3. The number of nitrogen functional groups attached to an aromatic ring is 1. The van der Waals surface area contributed by atoms with Crippen molar-refractivity contribution in [1.29, 1.82) is 5.41 Å². The van der Waals surface area contributed by atoms with Crippen molar-refractivity contribution in [2.45, 2.75) is 6.54 Å². The highest BCUT2D eigenvalue weighted by molar-refractivity contribution is 6.31. The Morgan fingerprint density at radius 1 is 1.16 bits per heavy atom. The maximum atomic E-state index is 13.1. The minimum atomic E-state index is -1.10. The molecule has 0 radical (unpaired) electrons. The third-order valence-corrected chi connectivity index (χ3v) is 6.00. The number of anilines is 3. The highest BCUT2D eigenvalue weighted by Gasteiger charge is 2.21. The van der Waals surface area contributed by atoms with E-state index in [4.69, 9.17) is 32.2 Å². The van der Waals surface area contributed by atoms with Gasteiger partial charge in [-0.05, 0) is 48.5 Å². The molecule has 3 aromatic rings. The number of carbonyl (C=O) groups excluding carboxylic acids is 1. The number of pyridine rings is 1. The third-order valence-electron chi connectivity index (χ3n) is 5.77. The van der Waals surface area contributed by atoms with E-state index in [0.29, 0.717) is 71.0 Å². The summed E-state index contributed by atoms with van der Waals surface area (Å²) < 4.78 is 11.1. The number of ether oxygens (including phenoxy) is 2. The number of halogens is 1. The molecule has 1 aliphatic rings. The average Bonchev–Trinajstić information content (AvgIpc) is 2.92. The fraction of sp³-hybridized carbons (Fsp3) is 0.231. The Bertz CT molecular complexity index is 1330. The Morgan fingerprint density at radius 2 is 1.89 bits per heavy atom. The molecule has 198 valence electrons. The number of rotatable bonds is 10. The van der Waals surface area contributed by atoms with Crippen LogP contribution in [-0.4, -0.2) is 60.7 Å². The van der Waals surface area contributed by atoms with Crippen molar-refractivity contribution in [3.63, 3.8) is 0 Å². The maximum Gasteiger partial charge on any atom is 0.341 e. The number of nitrogens with two attached hydrogens (primary N) is 1. The van der Waals surface area contributed by atoms with E-state index >= 15 is 0 Å². The summed E-state index contributed by atoms with van der Waals surface area (Å²) in [6.07, 6.45) is 1.63. The predicted molar refractivity (Wildman–Crippen MR) is 145 cm³/mol. The lowest BCUT2D eigenvalue weighted by atomic mass is 10.1. The number of carbonyl (C=O) groups is 2. The molecule has 1 aromatic heterocycles. The van der Waals surface area contributed by atoms with Gasteiger partial charge < -0.3 is 35.8 Å². The van der Waals surface area contributed by atoms with E-state index in [0.717, 1.165) is 0 Å². The molecular weight excluding hydrogens is 512 g/mol. The van der Waals surface area contributed by atoms with Crippen molar-refractivity contribution in [3.8, 4) is 5.75 Å². The molecular formula is C26H27ClN6O5. The first kappa shape index (κ1) is 26.7. The number of aliphatic carboxylic acids is 1. The highest BCUT2D eigenvalue weighted by Crippen LogP contribution is 2.32. The maximum absolute atomic E-state index is 13.1.